The van der Waals surface area contributed by atoms with E-state index in [4.69, 9.17) is 12.2 Å². The standard InChI is InChI=1S/C13H20N2S/c1-3-10-14-13(16)15(4-2)11-12-8-6-5-7-9-12/h5-9H,3-4,10-11H2,1-2H3,(H,14,16). The highest BCUT2D eigenvalue weighted by atomic mass is 32.1. The average molecular weight is 236 g/mol. The molecule has 0 unspecified atom stereocenters. The summed E-state index contributed by atoms with van der Waals surface area (Å²) in [7, 11) is 0. The second kappa shape index (κ2) is 7.23. The number of thiocarbonyl (C=S) groups is 1. The smallest absolute Gasteiger partial charge is 0.169 e. The highest BCUT2D eigenvalue weighted by Gasteiger charge is 2.06. The van der Waals surface area contributed by atoms with Crippen molar-refractivity contribution < 1.29 is 0 Å². The highest BCUT2D eigenvalue weighted by Crippen LogP contribution is 2.04. The number of hydrogen-bond acceptors (Lipinski definition) is 1. The first kappa shape index (κ1) is 13.0. The van der Waals surface area contributed by atoms with Crippen LogP contribution in [0.25, 0.3) is 0 Å². The molecule has 0 heterocycles. The maximum absolute atomic E-state index is 5.35. The van der Waals surface area contributed by atoms with Gasteiger partial charge in [0.25, 0.3) is 0 Å². The number of rotatable bonds is 5. The lowest BCUT2D eigenvalue weighted by atomic mass is 10.2. The lowest BCUT2D eigenvalue weighted by Gasteiger charge is -2.24. The summed E-state index contributed by atoms with van der Waals surface area (Å²) < 4.78 is 0. The molecule has 2 nitrogen and oxygen atoms in total. The molecule has 0 aliphatic rings. The molecule has 1 aromatic carbocycles. The zero-order valence-corrected chi connectivity index (χ0v) is 10.9. The summed E-state index contributed by atoms with van der Waals surface area (Å²) >= 11 is 5.35. The van der Waals surface area contributed by atoms with Gasteiger partial charge in [-0.15, -0.1) is 0 Å². The van der Waals surface area contributed by atoms with Crippen LogP contribution in [0, 0.1) is 0 Å². The van der Waals surface area contributed by atoms with Crippen LogP contribution < -0.4 is 5.32 Å². The van der Waals surface area contributed by atoms with Gasteiger partial charge in [0.1, 0.15) is 0 Å². The highest BCUT2D eigenvalue weighted by molar-refractivity contribution is 7.80. The van der Waals surface area contributed by atoms with Gasteiger partial charge in [-0.05, 0) is 31.1 Å². The van der Waals surface area contributed by atoms with E-state index < -0.39 is 0 Å². The molecule has 0 radical (unpaired) electrons. The van der Waals surface area contributed by atoms with Crippen molar-refractivity contribution in [2.75, 3.05) is 13.1 Å². The fraction of sp³-hybridized carbons (Fsp3) is 0.462. The summed E-state index contributed by atoms with van der Waals surface area (Å²) in [6.45, 7) is 7.04. The molecule has 0 aliphatic heterocycles. The first-order valence-electron chi connectivity index (χ1n) is 5.84. The minimum Gasteiger partial charge on any atom is -0.363 e. The Morgan fingerprint density at radius 1 is 1.25 bits per heavy atom. The van der Waals surface area contributed by atoms with Crippen LogP contribution in [0.15, 0.2) is 30.3 Å². The Kier molecular flexibility index (Phi) is 5.86. The van der Waals surface area contributed by atoms with Crippen molar-refractivity contribution in [3.63, 3.8) is 0 Å². The van der Waals surface area contributed by atoms with Crippen molar-refractivity contribution in [1.29, 1.82) is 0 Å². The number of nitrogens with one attached hydrogen (secondary N) is 1. The molecule has 0 spiro atoms. The Morgan fingerprint density at radius 3 is 2.50 bits per heavy atom. The molecule has 0 aliphatic carbocycles. The molecule has 3 heteroatoms. The van der Waals surface area contributed by atoms with Crippen LogP contribution in [-0.4, -0.2) is 23.1 Å². The predicted octanol–water partition coefficient (Wildman–Crippen LogP) is 2.79. The fourth-order valence-corrected chi connectivity index (χ4v) is 1.77. The van der Waals surface area contributed by atoms with Crippen molar-refractivity contribution in [2.45, 2.75) is 26.8 Å². The third-order valence-electron chi connectivity index (χ3n) is 2.41. The molecule has 0 fully saturated rings. The fourth-order valence-electron chi connectivity index (χ4n) is 1.47. The normalized spacial score (nSPS) is 9.88. The van der Waals surface area contributed by atoms with E-state index in [1.165, 1.54) is 5.56 Å². The molecule has 0 amide bonds. The van der Waals surface area contributed by atoms with Gasteiger partial charge in [-0.25, -0.2) is 0 Å². The molecule has 0 atom stereocenters. The molecule has 0 saturated carbocycles. The van der Waals surface area contributed by atoms with Crippen molar-refractivity contribution in [3.8, 4) is 0 Å². The predicted molar refractivity (Wildman–Crippen MR) is 73.4 cm³/mol. The van der Waals surface area contributed by atoms with Crippen molar-refractivity contribution in [3.05, 3.63) is 35.9 Å². The molecule has 1 N–H and O–H groups in total. The summed E-state index contributed by atoms with van der Waals surface area (Å²) in [5.74, 6) is 0. The zero-order chi connectivity index (χ0) is 11.8. The van der Waals surface area contributed by atoms with Gasteiger partial charge in [0, 0.05) is 19.6 Å². The van der Waals surface area contributed by atoms with Crippen molar-refractivity contribution in [2.24, 2.45) is 0 Å². The molecule has 88 valence electrons. The van der Waals surface area contributed by atoms with Crippen molar-refractivity contribution >= 4 is 17.3 Å². The summed E-state index contributed by atoms with van der Waals surface area (Å²) in [6.07, 6.45) is 1.10. The third-order valence-corrected chi connectivity index (χ3v) is 2.81. The van der Waals surface area contributed by atoms with Gasteiger partial charge >= 0.3 is 0 Å². The monoisotopic (exact) mass is 236 g/mol. The average Bonchev–Trinajstić information content (AvgIpc) is 2.34. The SMILES string of the molecule is CCCNC(=S)N(CC)Cc1ccccc1. The van der Waals surface area contributed by atoms with E-state index in [1.807, 2.05) is 6.07 Å². The molecule has 0 saturated heterocycles. The number of nitrogens with zero attached hydrogens (tertiary/aromatic N) is 1. The van der Waals surface area contributed by atoms with E-state index in [1.54, 1.807) is 0 Å². The van der Waals surface area contributed by atoms with Crippen LogP contribution >= 0.6 is 12.2 Å². The number of benzene rings is 1. The first-order valence-corrected chi connectivity index (χ1v) is 6.25. The van der Waals surface area contributed by atoms with Crippen molar-refractivity contribution in [1.82, 2.24) is 10.2 Å². The minimum atomic E-state index is 0.855. The van der Waals surface area contributed by atoms with Gasteiger partial charge in [0.05, 0.1) is 0 Å². The largest absolute Gasteiger partial charge is 0.363 e. The minimum absolute atomic E-state index is 0.855. The zero-order valence-electron chi connectivity index (χ0n) is 10.1. The molecule has 1 aromatic rings. The second-order valence-electron chi connectivity index (χ2n) is 3.73. The summed E-state index contributed by atoms with van der Waals surface area (Å²) in [6, 6.07) is 10.4. The van der Waals surface area contributed by atoms with E-state index in [0.717, 1.165) is 31.2 Å². The van der Waals surface area contributed by atoms with Crippen LogP contribution in [0.4, 0.5) is 0 Å². The summed E-state index contributed by atoms with van der Waals surface area (Å²) in [5.41, 5.74) is 1.30. The third kappa shape index (κ3) is 4.19. The van der Waals surface area contributed by atoms with E-state index in [2.05, 4.69) is 48.3 Å². The van der Waals surface area contributed by atoms with Gasteiger partial charge < -0.3 is 10.2 Å². The maximum atomic E-state index is 5.35. The van der Waals surface area contributed by atoms with Gasteiger partial charge in [-0.1, -0.05) is 37.3 Å². The van der Waals surface area contributed by atoms with Crippen LogP contribution in [0.1, 0.15) is 25.8 Å². The van der Waals surface area contributed by atoms with E-state index in [-0.39, 0.29) is 0 Å². The first-order chi connectivity index (χ1) is 7.77. The van der Waals surface area contributed by atoms with E-state index in [9.17, 15) is 0 Å². The molecule has 16 heavy (non-hydrogen) atoms. The molecular formula is C13H20N2S. The topological polar surface area (TPSA) is 15.3 Å². The lowest BCUT2D eigenvalue weighted by Crippen LogP contribution is -2.39. The summed E-state index contributed by atoms with van der Waals surface area (Å²) in [5, 5.41) is 4.12. The van der Waals surface area contributed by atoms with Crippen LogP contribution in [0.2, 0.25) is 0 Å². The molecule has 1 rings (SSSR count). The van der Waals surface area contributed by atoms with Gasteiger partial charge in [0.15, 0.2) is 5.11 Å². The van der Waals surface area contributed by atoms with Crippen LogP contribution in [0.5, 0.6) is 0 Å². The van der Waals surface area contributed by atoms with Gasteiger partial charge in [0.2, 0.25) is 0 Å². The van der Waals surface area contributed by atoms with Crippen LogP contribution in [0.3, 0.4) is 0 Å². The Labute approximate surface area is 104 Å². The van der Waals surface area contributed by atoms with Gasteiger partial charge in [-0.2, -0.15) is 0 Å². The molecule has 0 aromatic heterocycles. The second-order valence-corrected chi connectivity index (χ2v) is 4.12. The summed E-state index contributed by atoms with van der Waals surface area (Å²) in [4.78, 5) is 2.18. The number of hydrogen-bond donors (Lipinski definition) is 1. The quantitative estimate of drug-likeness (QED) is 0.791. The Morgan fingerprint density at radius 2 is 1.94 bits per heavy atom. The lowest BCUT2D eigenvalue weighted by molar-refractivity contribution is 0.427. The Balaban J connectivity index is 2.52. The van der Waals surface area contributed by atoms with E-state index in [0.29, 0.717) is 0 Å². The van der Waals surface area contributed by atoms with Crippen LogP contribution in [-0.2, 0) is 6.54 Å². The van der Waals surface area contributed by atoms with E-state index >= 15 is 0 Å². The Bertz CT molecular complexity index is 311. The molecule has 0 bridgehead atoms. The Hall–Kier alpha value is -1.09. The molecular weight excluding hydrogens is 216 g/mol. The maximum Gasteiger partial charge on any atom is 0.169 e. The van der Waals surface area contributed by atoms with Gasteiger partial charge in [-0.3, -0.25) is 0 Å².